The lowest BCUT2D eigenvalue weighted by molar-refractivity contribution is -0.121. The molecule has 116 valence electrons. The summed E-state index contributed by atoms with van der Waals surface area (Å²) in [6.45, 7) is 6.39. The van der Waals surface area contributed by atoms with E-state index in [1.54, 1.807) is 0 Å². The number of benzene rings is 1. The van der Waals surface area contributed by atoms with Gasteiger partial charge in [0.25, 0.3) is 0 Å². The minimum atomic E-state index is 0.0824. The van der Waals surface area contributed by atoms with Crippen molar-refractivity contribution in [2.75, 3.05) is 38.6 Å². The molecule has 2 rings (SSSR count). The van der Waals surface area contributed by atoms with E-state index in [2.05, 4.69) is 10.2 Å². The van der Waals surface area contributed by atoms with Crippen LogP contribution in [0.25, 0.3) is 0 Å². The van der Waals surface area contributed by atoms with Gasteiger partial charge in [0.2, 0.25) is 5.91 Å². The van der Waals surface area contributed by atoms with E-state index in [1.807, 2.05) is 31.2 Å². The van der Waals surface area contributed by atoms with Crippen molar-refractivity contribution in [1.29, 1.82) is 0 Å². The zero-order valence-electron chi connectivity index (χ0n) is 12.7. The number of nitrogens with two attached hydrogens (primary N) is 1. The molecule has 1 atom stereocenters. The smallest absolute Gasteiger partial charge is 0.220 e. The predicted octanol–water partition coefficient (Wildman–Crippen LogP) is 1.04. The quantitative estimate of drug-likeness (QED) is 0.769. The molecule has 1 aromatic rings. The highest BCUT2D eigenvalue weighted by Crippen LogP contribution is 2.12. The third-order valence-corrected chi connectivity index (χ3v) is 3.72. The van der Waals surface area contributed by atoms with Crippen LogP contribution in [-0.2, 0) is 16.0 Å². The van der Waals surface area contributed by atoms with Crippen molar-refractivity contribution < 1.29 is 9.53 Å². The van der Waals surface area contributed by atoms with Gasteiger partial charge in [0, 0.05) is 37.8 Å². The van der Waals surface area contributed by atoms with E-state index in [4.69, 9.17) is 10.5 Å². The van der Waals surface area contributed by atoms with Gasteiger partial charge in [0.1, 0.15) is 0 Å². The molecular weight excluding hydrogens is 266 g/mol. The van der Waals surface area contributed by atoms with Crippen LogP contribution in [0.4, 0.5) is 5.69 Å². The Labute approximate surface area is 126 Å². The number of hydrogen-bond donors (Lipinski definition) is 2. The molecule has 1 fully saturated rings. The van der Waals surface area contributed by atoms with Gasteiger partial charge >= 0.3 is 0 Å². The molecule has 1 aliphatic rings. The maximum Gasteiger partial charge on any atom is 0.220 e. The average molecular weight is 291 g/mol. The zero-order valence-corrected chi connectivity index (χ0v) is 12.7. The molecule has 0 spiro atoms. The number of anilines is 1. The van der Waals surface area contributed by atoms with Crippen molar-refractivity contribution in [2.24, 2.45) is 0 Å². The maximum atomic E-state index is 12.0. The molecular formula is C16H25N3O2. The molecule has 0 bridgehead atoms. The third kappa shape index (κ3) is 5.36. The third-order valence-electron chi connectivity index (χ3n) is 3.72. The first-order chi connectivity index (χ1) is 10.1. The van der Waals surface area contributed by atoms with Gasteiger partial charge in [-0.25, -0.2) is 0 Å². The number of morpholine rings is 1. The SMILES string of the molecule is CC(CN1CCOCC1)NC(=O)CCc1ccccc1N. The molecule has 1 unspecified atom stereocenters. The van der Waals surface area contributed by atoms with E-state index in [9.17, 15) is 4.79 Å². The highest BCUT2D eigenvalue weighted by Gasteiger charge is 2.15. The normalized spacial score (nSPS) is 17.4. The second kappa shape index (κ2) is 8.00. The first-order valence-electron chi connectivity index (χ1n) is 7.58. The van der Waals surface area contributed by atoms with Crippen LogP contribution < -0.4 is 11.1 Å². The van der Waals surface area contributed by atoms with E-state index in [-0.39, 0.29) is 11.9 Å². The lowest BCUT2D eigenvalue weighted by Gasteiger charge is -2.29. The summed E-state index contributed by atoms with van der Waals surface area (Å²) in [5.41, 5.74) is 7.67. The van der Waals surface area contributed by atoms with Crippen LogP contribution in [0, 0.1) is 0 Å². The second-order valence-electron chi connectivity index (χ2n) is 5.58. The number of nitrogens with one attached hydrogen (secondary N) is 1. The molecule has 1 amide bonds. The maximum absolute atomic E-state index is 12.0. The van der Waals surface area contributed by atoms with Crippen LogP contribution in [-0.4, -0.2) is 49.7 Å². The number of aryl methyl sites for hydroxylation is 1. The Kier molecular flexibility index (Phi) is 6.02. The fourth-order valence-corrected chi connectivity index (χ4v) is 2.57. The molecule has 1 aliphatic heterocycles. The summed E-state index contributed by atoms with van der Waals surface area (Å²) in [5.74, 6) is 0.0824. The van der Waals surface area contributed by atoms with Crippen LogP contribution in [0.5, 0.6) is 0 Å². The Morgan fingerprint density at radius 1 is 1.38 bits per heavy atom. The minimum Gasteiger partial charge on any atom is -0.399 e. The lowest BCUT2D eigenvalue weighted by Crippen LogP contribution is -2.46. The summed E-state index contributed by atoms with van der Waals surface area (Å²) in [6.07, 6.45) is 1.16. The van der Waals surface area contributed by atoms with Gasteiger partial charge in [-0.1, -0.05) is 18.2 Å². The Bertz CT molecular complexity index is 459. The number of ether oxygens (including phenoxy) is 1. The molecule has 0 aromatic heterocycles. The van der Waals surface area contributed by atoms with E-state index in [1.165, 1.54) is 0 Å². The number of nitrogen functional groups attached to an aromatic ring is 1. The second-order valence-corrected chi connectivity index (χ2v) is 5.58. The summed E-state index contributed by atoms with van der Waals surface area (Å²) in [6, 6.07) is 7.85. The number of nitrogens with zero attached hydrogens (tertiary/aromatic N) is 1. The molecule has 5 nitrogen and oxygen atoms in total. The average Bonchev–Trinajstić information content (AvgIpc) is 2.47. The molecule has 3 N–H and O–H groups in total. The Morgan fingerprint density at radius 2 is 2.10 bits per heavy atom. The standard InChI is InChI=1S/C16H25N3O2/c1-13(12-19-8-10-21-11-9-19)18-16(20)7-6-14-4-2-3-5-15(14)17/h2-5,13H,6-12,17H2,1H3,(H,18,20). The number of rotatable bonds is 6. The lowest BCUT2D eigenvalue weighted by atomic mass is 10.1. The van der Waals surface area contributed by atoms with Gasteiger partial charge in [-0.2, -0.15) is 0 Å². The van der Waals surface area contributed by atoms with Crippen LogP contribution in [0.3, 0.4) is 0 Å². The fourth-order valence-electron chi connectivity index (χ4n) is 2.57. The van der Waals surface area contributed by atoms with Gasteiger partial charge in [0.15, 0.2) is 0 Å². The topological polar surface area (TPSA) is 67.6 Å². The fraction of sp³-hybridized carbons (Fsp3) is 0.562. The predicted molar refractivity (Wildman–Crippen MR) is 84.0 cm³/mol. The largest absolute Gasteiger partial charge is 0.399 e. The highest BCUT2D eigenvalue weighted by molar-refractivity contribution is 5.76. The first-order valence-corrected chi connectivity index (χ1v) is 7.58. The first kappa shape index (κ1) is 15.8. The molecule has 21 heavy (non-hydrogen) atoms. The Hall–Kier alpha value is -1.59. The minimum absolute atomic E-state index is 0.0824. The van der Waals surface area contributed by atoms with Crippen LogP contribution in [0.15, 0.2) is 24.3 Å². The van der Waals surface area contributed by atoms with Gasteiger partial charge in [-0.05, 0) is 25.0 Å². The molecule has 5 heteroatoms. The molecule has 1 aromatic carbocycles. The van der Waals surface area contributed by atoms with Crippen molar-refractivity contribution in [3.63, 3.8) is 0 Å². The number of carbonyl (C=O) groups is 1. The van der Waals surface area contributed by atoms with E-state index in [0.717, 1.165) is 44.1 Å². The molecule has 0 aliphatic carbocycles. The summed E-state index contributed by atoms with van der Waals surface area (Å²) in [5, 5.41) is 3.05. The summed E-state index contributed by atoms with van der Waals surface area (Å²) in [4.78, 5) is 14.3. The number of para-hydroxylation sites is 1. The van der Waals surface area contributed by atoms with Gasteiger partial charge in [-0.3, -0.25) is 9.69 Å². The monoisotopic (exact) mass is 291 g/mol. The van der Waals surface area contributed by atoms with Crippen LogP contribution in [0.2, 0.25) is 0 Å². The van der Waals surface area contributed by atoms with Crippen molar-refractivity contribution in [3.05, 3.63) is 29.8 Å². The van der Waals surface area contributed by atoms with Crippen molar-refractivity contribution in [1.82, 2.24) is 10.2 Å². The summed E-state index contributed by atoms with van der Waals surface area (Å²) in [7, 11) is 0. The summed E-state index contributed by atoms with van der Waals surface area (Å²) >= 11 is 0. The number of carbonyl (C=O) groups excluding carboxylic acids is 1. The van der Waals surface area contributed by atoms with E-state index in [0.29, 0.717) is 12.8 Å². The Morgan fingerprint density at radius 3 is 2.81 bits per heavy atom. The van der Waals surface area contributed by atoms with Crippen LogP contribution in [0.1, 0.15) is 18.9 Å². The molecule has 0 radical (unpaired) electrons. The van der Waals surface area contributed by atoms with Crippen LogP contribution >= 0.6 is 0 Å². The molecule has 1 saturated heterocycles. The van der Waals surface area contributed by atoms with Crippen molar-refractivity contribution >= 4 is 11.6 Å². The van der Waals surface area contributed by atoms with Gasteiger partial charge < -0.3 is 15.8 Å². The van der Waals surface area contributed by atoms with Crippen molar-refractivity contribution in [2.45, 2.75) is 25.8 Å². The highest BCUT2D eigenvalue weighted by atomic mass is 16.5. The Balaban J connectivity index is 1.70. The van der Waals surface area contributed by atoms with Gasteiger partial charge in [-0.15, -0.1) is 0 Å². The number of hydrogen-bond acceptors (Lipinski definition) is 4. The van der Waals surface area contributed by atoms with Gasteiger partial charge in [0.05, 0.1) is 13.2 Å². The van der Waals surface area contributed by atoms with E-state index >= 15 is 0 Å². The summed E-state index contributed by atoms with van der Waals surface area (Å²) < 4.78 is 5.32. The van der Waals surface area contributed by atoms with E-state index < -0.39 is 0 Å². The molecule has 1 heterocycles. The molecule has 0 saturated carbocycles. The number of amides is 1. The van der Waals surface area contributed by atoms with Crippen molar-refractivity contribution in [3.8, 4) is 0 Å². The zero-order chi connectivity index (χ0) is 15.1.